The first kappa shape index (κ1) is 23.4. The minimum absolute atomic E-state index is 0.0119. The fraction of sp³-hybridized carbons (Fsp3) is 0.364. The highest BCUT2D eigenvalue weighted by molar-refractivity contribution is 6.03. The third kappa shape index (κ3) is 4.95. The Bertz CT molecular complexity index is 1010. The van der Waals surface area contributed by atoms with E-state index in [1.54, 1.807) is 18.2 Å². The summed E-state index contributed by atoms with van der Waals surface area (Å²) < 4.78 is 57.0. The molecule has 0 spiro atoms. The Morgan fingerprint density at radius 3 is 2.34 bits per heavy atom. The molecule has 0 aliphatic heterocycles. The molecule has 172 valence electrons. The highest BCUT2D eigenvalue weighted by atomic mass is 19.3. The van der Waals surface area contributed by atoms with Crippen molar-refractivity contribution in [3.05, 3.63) is 53.6 Å². The number of halogens is 4. The summed E-state index contributed by atoms with van der Waals surface area (Å²) in [6.45, 7) is 0.510. The Kier molecular flexibility index (Phi) is 6.90. The van der Waals surface area contributed by atoms with Gasteiger partial charge in [-0.15, -0.1) is 0 Å². The molecule has 0 bridgehead atoms. The second kappa shape index (κ2) is 9.46. The van der Waals surface area contributed by atoms with Crippen LogP contribution in [0.4, 0.5) is 33.7 Å². The van der Waals surface area contributed by atoms with Crippen LogP contribution in [0.25, 0.3) is 0 Å². The molecule has 6 nitrogen and oxygen atoms in total. The summed E-state index contributed by atoms with van der Waals surface area (Å²) >= 11 is 0. The van der Waals surface area contributed by atoms with Gasteiger partial charge in [0.1, 0.15) is 0 Å². The van der Waals surface area contributed by atoms with Gasteiger partial charge in [-0.2, -0.15) is 8.78 Å². The number of alkyl halides is 2. The summed E-state index contributed by atoms with van der Waals surface area (Å²) in [6, 6.07) is 6.68. The third-order valence-electron chi connectivity index (χ3n) is 5.34. The number of anilines is 2. The smallest absolute Gasteiger partial charge is 0.387 e. The highest BCUT2D eigenvalue weighted by Gasteiger charge is 2.41. The molecule has 2 aromatic rings. The average molecular weight is 454 g/mol. The van der Waals surface area contributed by atoms with Crippen LogP contribution in [0, 0.1) is 17.6 Å². The fourth-order valence-corrected chi connectivity index (χ4v) is 3.66. The summed E-state index contributed by atoms with van der Waals surface area (Å²) in [4.78, 5) is 25.8. The lowest BCUT2D eigenvalue weighted by Gasteiger charge is -2.42. The fourth-order valence-electron chi connectivity index (χ4n) is 3.66. The number of amides is 2. The number of benzene rings is 2. The Balaban J connectivity index is 1.97. The van der Waals surface area contributed by atoms with Crippen LogP contribution >= 0.6 is 0 Å². The molecule has 3 rings (SSSR count). The van der Waals surface area contributed by atoms with Crippen molar-refractivity contribution in [2.24, 2.45) is 5.92 Å². The minimum Gasteiger partial charge on any atom is -0.481 e. The lowest BCUT2D eigenvalue weighted by Crippen LogP contribution is -2.51. The van der Waals surface area contributed by atoms with Gasteiger partial charge in [0.25, 0.3) is 0 Å². The number of urea groups is 1. The van der Waals surface area contributed by atoms with Crippen molar-refractivity contribution in [3.63, 3.8) is 0 Å². The van der Waals surface area contributed by atoms with Gasteiger partial charge in [0.2, 0.25) is 0 Å². The molecule has 0 radical (unpaired) electrons. The van der Waals surface area contributed by atoms with E-state index in [4.69, 9.17) is 0 Å². The zero-order valence-electron chi connectivity index (χ0n) is 17.3. The SMILES string of the molecule is CC(C)c1ccccc1N(C(=O)Nc1cc(F)c(F)cc1OC(F)F)C1CC(C(=O)O)C1. The lowest BCUT2D eigenvalue weighted by atomic mass is 9.79. The molecular weight excluding hydrogens is 432 g/mol. The maximum absolute atomic E-state index is 13.8. The molecule has 0 atom stereocenters. The minimum atomic E-state index is -3.32. The predicted molar refractivity (Wildman–Crippen MR) is 109 cm³/mol. The molecule has 2 amide bonds. The molecular formula is C22H22F4N2O4. The zero-order valence-corrected chi connectivity index (χ0v) is 17.3. The quantitative estimate of drug-likeness (QED) is 0.535. The first-order valence-corrected chi connectivity index (χ1v) is 9.94. The van der Waals surface area contributed by atoms with Crippen LogP contribution in [0.2, 0.25) is 0 Å². The van der Waals surface area contributed by atoms with E-state index in [-0.39, 0.29) is 18.8 Å². The average Bonchev–Trinajstić information content (AvgIpc) is 2.67. The van der Waals surface area contributed by atoms with Gasteiger partial charge in [-0.05, 0) is 30.4 Å². The highest BCUT2D eigenvalue weighted by Crippen LogP contribution is 2.39. The van der Waals surface area contributed by atoms with Crippen molar-refractivity contribution in [2.45, 2.75) is 45.3 Å². The summed E-state index contributed by atoms with van der Waals surface area (Å²) in [6.07, 6.45) is 0.376. The Labute approximate surface area is 181 Å². The van der Waals surface area contributed by atoms with E-state index in [1.165, 1.54) is 4.90 Å². The topological polar surface area (TPSA) is 78.9 Å². The number of carboxylic acids is 1. The number of aliphatic carboxylic acids is 1. The number of para-hydroxylation sites is 1. The number of carbonyl (C=O) groups is 2. The molecule has 2 N–H and O–H groups in total. The van der Waals surface area contributed by atoms with Gasteiger partial charge in [-0.1, -0.05) is 32.0 Å². The van der Waals surface area contributed by atoms with Gasteiger partial charge >= 0.3 is 18.6 Å². The molecule has 1 saturated carbocycles. The van der Waals surface area contributed by atoms with Crippen LogP contribution in [0.5, 0.6) is 5.75 Å². The molecule has 2 aromatic carbocycles. The second-order valence-corrected chi connectivity index (χ2v) is 7.82. The summed E-state index contributed by atoms with van der Waals surface area (Å²) in [5, 5.41) is 11.5. The van der Waals surface area contributed by atoms with Crippen molar-refractivity contribution >= 4 is 23.4 Å². The van der Waals surface area contributed by atoms with E-state index in [0.29, 0.717) is 17.8 Å². The van der Waals surface area contributed by atoms with Gasteiger partial charge in [0.15, 0.2) is 17.4 Å². The van der Waals surface area contributed by atoms with Gasteiger partial charge in [0, 0.05) is 23.9 Å². The van der Waals surface area contributed by atoms with E-state index in [2.05, 4.69) is 10.1 Å². The molecule has 1 aliphatic rings. The van der Waals surface area contributed by atoms with Crippen molar-refractivity contribution in [1.82, 2.24) is 0 Å². The van der Waals surface area contributed by atoms with Gasteiger partial charge in [-0.25, -0.2) is 13.6 Å². The van der Waals surface area contributed by atoms with E-state index >= 15 is 0 Å². The van der Waals surface area contributed by atoms with Gasteiger partial charge < -0.3 is 15.2 Å². The van der Waals surface area contributed by atoms with Crippen LogP contribution in [-0.2, 0) is 4.79 Å². The van der Waals surface area contributed by atoms with E-state index in [0.717, 1.165) is 5.56 Å². The monoisotopic (exact) mass is 454 g/mol. The Hall–Kier alpha value is -3.30. The largest absolute Gasteiger partial charge is 0.481 e. The van der Waals surface area contributed by atoms with Crippen LogP contribution in [-0.4, -0.2) is 29.8 Å². The number of carboxylic acid groups (broad SMARTS) is 1. The van der Waals surface area contributed by atoms with Crippen LogP contribution in [0.15, 0.2) is 36.4 Å². The number of hydrogen-bond acceptors (Lipinski definition) is 3. The molecule has 32 heavy (non-hydrogen) atoms. The number of ether oxygens (including phenoxy) is 1. The lowest BCUT2D eigenvalue weighted by molar-refractivity contribution is -0.145. The summed E-state index contributed by atoms with van der Waals surface area (Å²) in [7, 11) is 0. The van der Waals surface area contributed by atoms with Crippen molar-refractivity contribution in [2.75, 3.05) is 10.2 Å². The molecule has 0 saturated heterocycles. The standard InChI is InChI=1S/C22H22F4N2O4/c1-11(2)14-5-3-4-6-18(14)28(13-7-12(8-13)20(29)30)22(31)27-17-9-15(23)16(24)10-19(17)32-21(25)26/h3-6,9-13,21H,7-8H2,1-2H3,(H,27,31)(H,29,30). The number of rotatable bonds is 7. The van der Waals surface area contributed by atoms with E-state index in [1.807, 2.05) is 19.9 Å². The summed E-state index contributed by atoms with van der Waals surface area (Å²) in [5.41, 5.74) is 0.832. The molecule has 10 heteroatoms. The summed E-state index contributed by atoms with van der Waals surface area (Å²) in [5.74, 6) is -5.09. The van der Waals surface area contributed by atoms with E-state index < -0.39 is 53.6 Å². The molecule has 1 aliphatic carbocycles. The van der Waals surface area contributed by atoms with E-state index in [9.17, 15) is 32.3 Å². The Morgan fingerprint density at radius 2 is 1.75 bits per heavy atom. The van der Waals surface area contributed by atoms with Crippen LogP contribution in [0.3, 0.4) is 0 Å². The van der Waals surface area contributed by atoms with Crippen molar-refractivity contribution in [3.8, 4) is 5.75 Å². The zero-order chi connectivity index (χ0) is 23.6. The van der Waals surface area contributed by atoms with Gasteiger partial charge in [-0.3, -0.25) is 9.69 Å². The Morgan fingerprint density at radius 1 is 1.12 bits per heavy atom. The first-order chi connectivity index (χ1) is 15.1. The molecule has 0 aromatic heterocycles. The van der Waals surface area contributed by atoms with Gasteiger partial charge in [0.05, 0.1) is 11.6 Å². The molecule has 0 unspecified atom stereocenters. The number of nitrogens with zero attached hydrogens (tertiary/aromatic N) is 1. The van der Waals surface area contributed by atoms with Crippen LogP contribution in [0.1, 0.15) is 38.2 Å². The second-order valence-electron chi connectivity index (χ2n) is 7.82. The maximum Gasteiger partial charge on any atom is 0.387 e. The van der Waals surface area contributed by atoms with Crippen LogP contribution < -0.4 is 15.0 Å². The maximum atomic E-state index is 13.8. The van der Waals surface area contributed by atoms with Crippen molar-refractivity contribution < 1.29 is 37.0 Å². The third-order valence-corrected chi connectivity index (χ3v) is 5.34. The number of nitrogens with one attached hydrogen (secondary N) is 1. The van der Waals surface area contributed by atoms with Crippen molar-refractivity contribution in [1.29, 1.82) is 0 Å². The number of carbonyl (C=O) groups excluding carboxylic acids is 1. The number of hydrogen-bond donors (Lipinski definition) is 2. The molecule has 1 fully saturated rings. The first-order valence-electron chi connectivity index (χ1n) is 9.94. The molecule has 0 heterocycles. The predicted octanol–water partition coefficient (Wildman–Crippen LogP) is 5.59. The normalized spacial score (nSPS) is 17.8.